The summed E-state index contributed by atoms with van der Waals surface area (Å²) in [5, 5.41) is 2.51. The molecule has 0 bridgehead atoms. The van der Waals surface area contributed by atoms with Crippen molar-refractivity contribution in [1.29, 1.82) is 0 Å². The van der Waals surface area contributed by atoms with E-state index in [1.54, 1.807) is 11.9 Å². The normalized spacial score (nSPS) is 15.9. The van der Waals surface area contributed by atoms with E-state index in [2.05, 4.69) is 5.32 Å². The Morgan fingerprint density at radius 1 is 1.41 bits per heavy atom. The van der Waals surface area contributed by atoms with Crippen LogP contribution in [0.1, 0.15) is 13.8 Å². The lowest BCUT2D eigenvalue weighted by atomic mass is 10.1. The SMILES string of the molecule is CC(C)CN(C)[C@H](C(N)=O)C(=O)Nc1ccc(N2CCOCC2=O)c(F)c1. The quantitative estimate of drug-likeness (QED) is 0.673. The minimum Gasteiger partial charge on any atom is -0.370 e. The van der Waals surface area contributed by atoms with Gasteiger partial charge in [0.25, 0.3) is 11.8 Å². The van der Waals surface area contributed by atoms with E-state index in [4.69, 9.17) is 10.5 Å². The highest BCUT2D eigenvalue weighted by Gasteiger charge is 2.29. The number of ether oxygens (including phenoxy) is 1. The molecule has 0 aliphatic carbocycles. The minimum atomic E-state index is -1.17. The molecule has 8 nitrogen and oxygen atoms in total. The maximum absolute atomic E-state index is 14.5. The average Bonchev–Trinajstić information content (AvgIpc) is 2.55. The van der Waals surface area contributed by atoms with Gasteiger partial charge in [0.2, 0.25) is 5.91 Å². The Morgan fingerprint density at radius 3 is 2.67 bits per heavy atom. The monoisotopic (exact) mass is 380 g/mol. The standard InChI is InChI=1S/C18H25FN4O4/c1-11(2)9-22(3)16(17(20)25)18(26)21-12-4-5-14(13(19)8-12)23-6-7-27-10-15(23)24/h4-5,8,11,16H,6-7,9-10H2,1-3H3,(H2,20,25)(H,21,26)/t16-/m1/s1. The number of benzene rings is 1. The molecule has 1 aromatic carbocycles. The van der Waals surface area contributed by atoms with E-state index in [0.29, 0.717) is 13.2 Å². The van der Waals surface area contributed by atoms with Gasteiger partial charge in [0.05, 0.1) is 12.3 Å². The van der Waals surface area contributed by atoms with E-state index in [-0.39, 0.29) is 36.4 Å². The van der Waals surface area contributed by atoms with E-state index < -0.39 is 23.7 Å². The van der Waals surface area contributed by atoms with E-state index in [0.717, 1.165) is 6.07 Å². The second kappa shape index (κ2) is 8.92. The molecule has 0 aromatic heterocycles. The fourth-order valence-corrected chi connectivity index (χ4v) is 3.01. The van der Waals surface area contributed by atoms with Gasteiger partial charge in [0.1, 0.15) is 12.4 Å². The van der Waals surface area contributed by atoms with Crippen LogP contribution in [0.25, 0.3) is 0 Å². The van der Waals surface area contributed by atoms with Crippen molar-refractivity contribution in [3.8, 4) is 0 Å². The lowest BCUT2D eigenvalue weighted by Crippen LogP contribution is -2.51. The Kier molecular flexibility index (Phi) is 6.86. The van der Waals surface area contributed by atoms with Gasteiger partial charge in [0, 0.05) is 18.8 Å². The Balaban J connectivity index is 2.14. The number of amides is 3. The van der Waals surface area contributed by atoms with Gasteiger partial charge in [0.15, 0.2) is 6.04 Å². The number of carbonyl (C=O) groups is 3. The molecule has 0 spiro atoms. The highest BCUT2D eigenvalue weighted by atomic mass is 19.1. The number of nitrogens with one attached hydrogen (secondary N) is 1. The molecule has 148 valence electrons. The molecule has 1 aliphatic rings. The van der Waals surface area contributed by atoms with Crippen molar-refractivity contribution >= 4 is 29.1 Å². The Hall–Kier alpha value is -2.52. The van der Waals surface area contributed by atoms with Crippen LogP contribution in [0.15, 0.2) is 18.2 Å². The summed E-state index contributed by atoms with van der Waals surface area (Å²) in [7, 11) is 1.63. The van der Waals surface area contributed by atoms with Gasteiger partial charge >= 0.3 is 0 Å². The number of nitrogens with two attached hydrogens (primary N) is 1. The molecule has 27 heavy (non-hydrogen) atoms. The molecular formula is C18H25FN4O4. The predicted octanol–water partition coefficient (Wildman–Crippen LogP) is 0.569. The zero-order valence-corrected chi connectivity index (χ0v) is 15.7. The molecule has 1 aromatic rings. The first kappa shape index (κ1) is 20.8. The summed E-state index contributed by atoms with van der Waals surface area (Å²) in [5.41, 5.74) is 5.65. The van der Waals surface area contributed by atoms with E-state index in [1.807, 2.05) is 13.8 Å². The Labute approximate surface area is 157 Å². The first-order valence-corrected chi connectivity index (χ1v) is 8.68. The van der Waals surface area contributed by atoms with E-state index >= 15 is 0 Å². The second-order valence-electron chi connectivity index (χ2n) is 6.89. The molecule has 2 rings (SSSR count). The molecule has 0 saturated carbocycles. The van der Waals surface area contributed by atoms with Gasteiger partial charge in [-0.2, -0.15) is 0 Å². The molecular weight excluding hydrogens is 355 g/mol. The summed E-state index contributed by atoms with van der Waals surface area (Å²) in [6, 6.07) is 2.82. The fourth-order valence-electron chi connectivity index (χ4n) is 3.01. The number of likely N-dealkylation sites (N-methyl/N-ethyl adjacent to an activating group) is 1. The van der Waals surface area contributed by atoms with Crippen molar-refractivity contribution in [1.82, 2.24) is 4.90 Å². The average molecular weight is 380 g/mol. The van der Waals surface area contributed by atoms with Gasteiger partial charge in [-0.3, -0.25) is 19.3 Å². The number of nitrogens with zero attached hydrogens (tertiary/aromatic N) is 2. The van der Waals surface area contributed by atoms with Gasteiger partial charge in [-0.15, -0.1) is 0 Å². The third-order valence-corrected chi connectivity index (χ3v) is 4.10. The number of hydrogen-bond acceptors (Lipinski definition) is 5. The molecule has 1 saturated heterocycles. The number of primary amides is 1. The molecule has 1 heterocycles. The lowest BCUT2D eigenvalue weighted by Gasteiger charge is -2.28. The van der Waals surface area contributed by atoms with Crippen LogP contribution in [0.2, 0.25) is 0 Å². The first-order chi connectivity index (χ1) is 12.7. The van der Waals surface area contributed by atoms with Crippen molar-refractivity contribution in [2.45, 2.75) is 19.9 Å². The molecule has 1 aliphatic heterocycles. The molecule has 3 amide bonds. The van der Waals surface area contributed by atoms with Gasteiger partial charge in [-0.25, -0.2) is 4.39 Å². The molecule has 0 unspecified atom stereocenters. The van der Waals surface area contributed by atoms with Crippen molar-refractivity contribution in [2.75, 3.05) is 43.6 Å². The lowest BCUT2D eigenvalue weighted by molar-refractivity contribution is -0.132. The van der Waals surface area contributed by atoms with Crippen LogP contribution in [0.5, 0.6) is 0 Å². The first-order valence-electron chi connectivity index (χ1n) is 8.68. The number of hydrogen-bond donors (Lipinski definition) is 2. The highest BCUT2D eigenvalue weighted by molar-refractivity contribution is 6.09. The fraction of sp³-hybridized carbons (Fsp3) is 0.500. The summed E-state index contributed by atoms with van der Waals surface area (Å²) in [4.78, 5) is 38.9. The maximum atomic E-state index is 14.5. The van der Waals surface area contributed by atoms with Crippen molar-refractivity contribution < 1.29 is 23.5 Å². The number of carbonyl (C=O) groups excluding carboxylic acids is 3. The molecule has 0 radical (unpaired) electrons. The highest BCUT2D eigenvalue weighted by Crippen LogP contribution is 2.24. The molecule has 1 fully saturated rings. The summed E-state index contributed by atoms with van der Waals surface area (Å²) in [6.45, 7) is 4.88. The van der Waals surface area contributed by atoms with Crippen LogP contribution in [-0.4, -0.2) is 62.0 Å². The Bertz CT molecular complexity index is 725. The number of anilines is 2. The topological polar surface area (TPSA) is 105 Å². The molecule has 9 heteroatoms. The van der Waals surface area contributed by atoms with Crippen LogP contribution in [-0.2, 0) is 19.1 Å². The zero-order chi connectivity index (χ0) is 20.1. The van der Waals surface area contributed by atoms with Crippen LogP contribution >= 0.6 is 0 Å². The maximum Gasteiger partial charge on any atom is 0.253 e. The van der Waals surface area contributed by atoms with Crippen LogP contribution in [0.3, 0.4) is 0 Å². The van der Waals surface area contributed by atoms with Crippen molar-refractivity contribution in [3.63, 3.8) is 0 Å². The molecule has 1 atom stereocenters. The van der Waals surface area contributed by atoms with Gasteiger partial charge in [-0.05, 0) is 31.2 Å². The number of halogens is 1. The van der Waals surface area contributed by atoms with E-state index in [1.165, 1.54) is 17.0 Å². The third kappa shape index (κ3) is 5.24. The third-order valence-electron chi connectivity index (χ3n) is 4.10. The van der Waals surface area contributed by atoms with E-state index in [9.17, 15) is 18.8 Å². The largest absolute Gasteiger partial charge is 0.370 e. The summed E-state index contributed by atoms with van der Waals surface area (Å²) < 4.78 is 19.5. The van der Waals surface area contributed by atoms with Gasteiger partial charge in [-0.1, -0.05) is 13.8 Å². The van der Waals surface area contributed by atoms with Crippen LogP contribution < -0.4 is 16.0 Å². The Morgan fingerprint density at radius 2 is 2.11 bits per heavy atom. The predicted molar refractivity (Wildman–Crippen MR) is 98.7 cm³/mol. The second-order valence-corrected chi connectivity index (χ2v) is 6.89. The number of morpholine rings is 1. The summed E-state index contributed by atoms with van der Waals surface area (Å²) >= 11 is 0. The molecule has 3 N–H and O–H groups in total. The van der Waals surface area contributed by atoms with Crippen LogP contribution in [0.4, 0.5) is 15.8 Å². The van der Waals surface area contributed by atoms with Crippen molar-refractivity contribution in [3.05, 3.63) is 24.0 Å². The summed E-state index contributed by atoms with van der Waals surface area (Å²) in [5.74, 6) is -2.19. The minimum absolute atomic E-state index is 0.0968. The number of rotatable bonds is 7. The smallest absolute Gasteiger partial charge is 0.253 e. The van der Waals surface area contributed by atoms with Gasteiger partial charge < -0.3 is 20.7 Å². The van der Waals surface area contributed by atoms with Crippen molar-refractivity contribution in [2.24, 2.45) is 11.7 Å². The summed E-state index contributed by atoms with van der Waals surface area (Å²) in [6.07, 6.45) is 0. The van der Waals surface area contributed by atoms with Crippen LogP contribution in [0, 0.1) is 11.7 Å². The zero-order valence-electron chi connectivity index (χ0n) is 15.7.